The van der Waals surface area contributed by atoms with Crippen molar-refractivity contribution in [2.45, 2.75) is 13.8 Å². The molecule has 1 N–H and O–H groups in total. The van der Waals surface area contributed by atoms with Crippen molar-refractivity contribution in [2.75, 3.05) is 11.9 Å². The van der Waals surface area contributed by atoms with Gasteiger partial charge in [-0.25, -0.2) is 4.98 Å². The van der Waals surface area contributed by atoms with Crippen LogP contribution in [-0.4, -0.2) is 11.6 Å². The summed E-state index contributed by atoms with van der Waals surface area (Å²) in [5.41, 5.74) is 3.12. The van der Waals surface area contributed by atoms with Gasteiger partial charge in [0, 0.05) is 14.9 Å². The first-order chi connectivity index (χ1) is 11.2. The fraction of sp³-hybridized carbons (Fsp3) is 0.167. The van der Waals surface area contributed by atoms with Crippen molar-refractivity contribution < 1.29 is 4.74 Å². The van der Waals surface area contributed by atoms with Crippen molar-refractivity contribution in [3.63, 3.8) is 0 Å². The molecule has 23 heavy (non-hydrogen) atoms. The molecule has 1 aromatic heterocycles. The van der Waals surface area contributed by atoms with Gasteiger partial charge in [0.15, 0.2) is 5.13 Å². The van der Waals surface area contributed by atoms with E-state index in [0.29, 0.717) is 6.61 Å². The van der Waals surface area contributed by atoms with Crippen LogP contribution in [0.15, 0.2) is 53.0 Å². The Balaban J connectivity index is 1.84. The Morgan fingerprint density at radius 2 is 1.87 bits per heavy atom. The van der Waals surface area contributed by atoms with Crippen LogP contribution in [0.3, 0.4) is 0 Å². The number of nitrogens with zero attached hydrogens (tertiary/aromatic N) is 1. The van der Waals surface area contributed by atoms with Gasteiger partial charge in [0.1, 0.15) is 5.75 Å². The van der Waals surface area contributed by atoms with Crippen molar-refractivity contribution in [1.82, 2.24) is 4.98 Å². The van der Waals surface area contributed by atoms with Crippen LogP contribution >= 0.6 is 27.3 Å². The van der Waals surface area contributed by atoms with Gasteiger partial charge in [-0.15, -0.1) is 11.3 Å². The number of rotatable bonds is 5. The zero-order valence-corrected chi connectivity index (χ0v) is 15.4. The van der Waals surface area contributed by atoms with E-state index in [1.807, 2.05) is 43.3 Å². The van der Waals surface area contributed by atoms with Gasteiger partial charge in [-0.1, -0.05) is 12.1 Å². The fourth-order valence-electron chi connectivity index (χ4n) is 2.27. The third-order valence-corrected chi connectivity index (χ3v) is 4.93. The second-order valence-corrected chi connectivity index (χ2v) is 7.04. The van der Waals surface area contributed by atoms with Crippen molar-refractivity contribution in [3.05, 3.63) is 57.9 Å². The van der Waals surface area contributed by atoms with Gasteiger partial charge in [0.2, 0.25) is 0 Å². The minimum absolute atomic E-state index is 0.676. The summed E-state index contributed by atoms with van der Waals surface area (Å²) >= 11 is 5.20. The number of halogens is 1. The van der Waals surface area contributed by atoms with E-state index in [2.05, 4.69) is 40.3 Å². The maximum absolute atomic E-state index is 5.49. The first kappa shape index (κ1) is 16.0. The normalized spacial score (nSPS) is 10.6. The highest BCUT2D eigenvalue weighted by molar-refractivity contribution is 9.10. The van der Waals surface area contributed by atoms with Crippen LogP contribution in [0.2, 0.25) is 0 Å². The van der Waals surface area contributed by atoms with Crippen molar-refractivity contribution in [2.24, 2.45) is 0 Å². The second-order valence-electron chi connectivity index (χ2n) is 4.99. The van der Waals surface area contributed by atoms with Gasteiger partial charge in [-0.3, -0.25) is 0 Å². The van der Waals surface area contributed by atoms with E-state index < -0.39 is 0 Å². The molecule has 3 rings (SSSR count). The minimum Gasteiger partial charge on any atom is -0.494 e. The quantitative estimate of drug-likeness (QED) is 0.579. The number of aromatic nitrogens is 1. The molecule has 3 nitrogen and oxygen atoms in total. The second kappa shape index (κ2) is 7.15. The Bertz CT molecular complexity index is 799. The third-order valence-electron chi connectivity index (χ3n) is 3.35. The molecule has 0 aliphatic rings. The lowest BCUT2D eigenvalue weighted by Gasteiger charge is -2.05. The monoisotopic (exact) mass is 388 g/mol. The van der Waals surface area contributed by atoms with Gasteiger partial charge in [-0.2, -0.15) is 0 Å². The molecule has 0 bridgehead atoms. The van der Waals surface area contributed by atoms with Gasteiger partial charge in [-0.05, 0) is 66.2 Å². The molecule has 0 saturated carbocycles. The number of aryl methyl sites for hydroxylation is 1. The average Bonchev–Trinajstić information content (AvgIpc) is 2.91. The van der Waals surface area contributed by atoms with Gasteiger partial charge >= 0.3 is 0 Å². The fourth-order valence-corrected chi connectivity index (χ4v) is 3.50. The van der Waals surface area contributed by atoms with E-state index >= 15 is 0 Å². The molecule has 0 aliphatic carbocycles. The van der Waals surface area contributed by atoms with E-state index in [1.54, 1.807) is 11.3 Å². The van der Waals surface area contributed by atoms with Crippen molar-refractivity contribution in [1.29, 1.82) is 0 Å². The number of hydrogen-bond donors (Lipinski definition) is 1. The largest absolute Gasteiger partial charge is 0.494 e. The average molecular weight is 389 g/mol. The summed E-state index contributed by atoms with van der Waals surface area (Å²) in [7, 11) is 0. The Hall–Kier alpha value is -1.85. The first-order valence-electron chi connectivity index (χ1n) is 7.39. The Morgan fingerprint density at radius 3 is 2.57 bits per heavy atom. The minimum atomic E-state index is 0.676. The van der Waals surface area contributed by atoms with Crippen LogP contribution in [0.25, 0.3) is 11.3 Å². The lowest BCUT2D eigenvalue weighted by Crippen LogP contribution is -1.91. The number of thiazole rings is 1. The van der Waals surface area contributed by atoms with Crippen LogP contribution in [0, 0.1) is 6.92 Å². The van der Waals surface area contributed by atoms with Crippen LogP contribution in [0.4, 0.5) is 10.8 Å². The smallest absolute Gasteiger partial charge is 0.188 e. The molecular weight excluding hydrogens is 372 g/mol. The summed E-state index contributed by atoms with van der Waals surface area (Å²) < 4.78 is 6.51. The SMILES string of the molecule is CCOc1ccc(-c2nc(Nc3ccccc3Br)sc2C)cc1. The molecule has 118 valence electrons. The molecule has 0 spiro atoms. The number of nitrogens with one attached hydrogen (secondary N) is 1. The van der Waals surface area contributed by atoms with E-state index in [4.69, 9.17) is 9.72 Å². The van der Waals surface area contributed by atoms with Crippen LogP contribution in [0.1, 0.15) is 11.8 Å². The summed E-state index contributed by atoms with van der Waals surface area (Å²) in [5, 5.41) is 4.26. The maximum atomic E-state index is 5.49. The molecular formula is C18H17BrN2OS. The molecule has 2 aromatic carbocycles. The predicted octanol–water partition coefficient (Wildman–Crippen LogP) is 6.02. The molecule has 0 saturated heterocycles. The molecule has 0 aliphatic heterocycles. The molecule has 0 amide bonds. The Labute approximate surface area is 148 Å². The molecule has 0 fully saturated rings. The number of ether oxygens (including phenoxy) is 1. The van der Waals surface area contributed by atoms with E-state index in [9.17, 15) is 0 Å². The highest BCUT2D eigenvalue weighted by Crippen LogP contribution is 2.34. The number of para-hydroxylation sites is 1. The lowest BCUT2D eigenvalue weighted by molar-refractivity contribution is 0.340. The number of benzene rings is 2. The molecule has 3 aromatic rings. The predicted molar refractivity (Wildman–Crippen MR) is 101 cm³/mol. The van der Waals surface area contributed by atoms with Crippen LogP contribution < -0.4 is 10.1 Å². The van der Waals surface area contributed by atoms with E-state index in [0.717, 1.165) is 32.3 Å². The Kier molecular flexibility index (Phi) is 4.98. The van der Waals surface area contributed by atoms with Crippen LogP contribution in [-0.2, 0) is 0 Å². The van der Waals surface area contributed by atoms with E-state index in [-0.39, 0.29) is 0 Å². The van der Waals surface area contributed by atoms with Gasteiger partial charge in [0.05, 0.1) is 18.0 Å². The van der Waals surface area contributed by atoms with Crippen molar-refractivity contribution in [3.8, 4) is 17.0 Å². The summed E-state index contributed by atoms with van der Waals surface area (Å²) in [4.78, 5) is 5.92. The standard InChI is InChI=1S/C18H17BrN2OS/c1-3-22-14-10-8-13(9-11-14)17-12(2)23-18(21-17)20-16-7-5-4-6-15(16)19/h4-11H,3H2,1-2H3,(H,20,21). The zero-order chi connectivity index (χ0) is 16.2. The molecule has 0 unspecified atom stereocenters. The molecule has 0 radical (unpaired) electrons. The zero-order valence-electron chi connectivity index (χ0n) is 13.0. The first-order valence-corrected chi connectivity index (χ1v) is 9.00. The summed E-state index contributed by atoms with van der Waals surface area (Å²) in [6.45, 7) is 4.75. The topological polar surface area (TPSA) is 34.1 Å². The molecule has 1 heterocycles. The lowest BCUT2D eigenvalue weighted by atomic mass is 10.1. The highest BCUT2D eigenvalue weighted by atomic mass is 79.9. The Morgan fingerprint density at radius 1 is 1.13 bits per heavy atom. The van der Waals surface area contributed by atoms with E-state index in [1.165, 1.54) is 4.88 Å². The summed E-state index contributed by atoms with van der Waals surface area (Å²) in [6.07, 6.45) is 0. The van der Waals surface area contributed by atoms with Gasteiger partial charge < -0.3 is 10.1 Å². The highest BCUT2D eigenvalue weighted by Gasteiger charge is 2.11. The summed E-state index contributed by atoms with van der Waals surface area (Å²) in [6, 6.07) is 16.1. The maximum Gasteiger partial charge on any atom is 0.188 e. The van der Waals surface area contributed by atoms with Gasteiger partial charge in [0.25, 0.3) is 0 Å². The molecule has 0 atom stereocenters. The number of anilines is 2. The summed E-state index contributed by atoms with van der Waals surface area (Å²) in [5.74, 6) is 0.885. The van der Waals surface area contributed by atoms with Crippen molar-refractivity contribution >= 4 is 38.1 Å². The van der Waals surface area contributed by atoms with Crippen LogP contribution in [0.5, 0.6) is 5.75 Å². The molecule has 5 heteroatoms. The number of hydrogen-bond acceptors (Lipinski definition) is 4. The third kappa shape index (κ3) is 3.74.